The molecular weight excluding hydrogens is 502 g/mol. The number of nitrogens with zero attached hydrogens (tertiary/aromatic N) is 3. The van der Waals surface area contributed by atoms with Gasteiger partial charge in [-0.25, -0.2) is 9.36 Å². The van der Waals surface area contributed by atoms with Gasteiger partial charge in [0.1, 0.15) is 5.69 Å². The lowest BCUT2D eigenvalue weighted by atomic mass is 10.2. The van der Waals surface area contributed by atoms with E-state index in [2.05, 4.69) is 4.37 Å². The van der Waals surface area contributed by atoms with E-state index in [1.807, 2.05) is 0 Å². The first-order valence-electron chi connectivity index (χ1n) is 9.37. The molecule has 33 heavy (non-hydrogen) atoms. The number of hydrogen-bond acceptors (Lipinski definition) is 5. The highest BCUT2D eigenvalue weighted by Crippen LogP contribution is 2.28. The van der Waals surface area contributed by atoms with Gasteiger partial charge in [-0.1, -0.05) is 29.3 Å². The molecule has 6 nitrogen and oxygen atoms in total. The van der Waals surface area contributed by atoms with Crippen LogP contribution in [0.2, 0.25) is 10.0 Å². The van der Waals surface area contributed by atoms with E-state index < -0.39 is 23.1 Å². The fraction of sp³-hybridized carbons (Fsp3) is 0.190. The predicted molar refractivity (Wildman–Crippen MR) is 120 cm³/mol. The molecule has 0 spiro atoms. The highest BCUT2D eigenvalue weighted by Gasteiger charge is 2.35. The topological polar surface area (TPSA) is 66.1 Å². The fourth-order valence-corrected chi connectivity index (χ4v) is 4.48. The van der Waals surface area contributed by atoms with Gasteiger partial charge in [0.2, 0.25) is 0 Å². The van der Waals surface area contributed by atoms with Gasteiger partial charge in [0, 0.05) is 28.5 Å². The molecule has 4 rings (SSSR count). The number of alkyl halides is 3. The molecule has 4 aromatic rings. The van der Waals surface area contributed by atoms with Crippen molar-refractivity contribution in [2.45, 2.75) is 19.4 Å². The molecule has 0 aliphatic carbocycles. The third kappa shape index (κ3) is 4.70. The Morgan fingerprint density at radius 3 is 2.52 bits per heavy atom. The maximum Gasteiger partial charge on any atom is 0.431 e. The molecule has 0 fully saturated rings. The van der Waals surface area contributed by atoms with E-state index in [9.17, 15) is 22.8 Å². The smallest absolute Gasteiger partial charge is 0.370 e. The summed E-state index contributed by atoms with van der Waals surface area (Å²) in [5.74, 6) is 0. The van der Waals surface area contributed by atoms with Crippen LogP contribution in [0, 0.1) is 0 Å². The predicted octanol–water partition coefficient (Wildman–Crippen LogP) is 5.19. The average molecular weight is 516 g/mol. The molecule has 0 N–H and O–H groups in total. The zero-order chi connectivity index (χ0) is 23.9. The summed E-state index contributed by atoms with van der Waals surface area (Å²) in [5.41, 5.74) is -2.08. The third-order valence-electron chi connectivity index (χ3n) is 4.91. The monoisotopic (exact) mass is 515 g/mol. The molecule has 0 aliphatic rings. The Hall–Kier alpha value is -2.66. The largest absolute Gasteiger partial charge is 0.431 e. The maximum atomic E-state index is 13.1. The Morgan fingerprint density at radius 1 is 1.06 bits per heavy atom. The van der Waals surface area contributed by atoms with Gasteiger partial charge < -0.3 is 4.74 Å². The van der Waals surface area contributed by atoms with Crippen molar-refractivity contribution in [3.05, 3.63) is 90.3 Å². The highest BCUT2D eigenvalue weighted by molar-refractivity contribution is 7.13. The zero-order valence-electron chi connectivity index (χ0n) is 16.8. The van der Waals surface area contributed by atoms with Gasteiger partial charge in [0.15, 0.2) is 0 Å². The Morgan fingerprint density at radius 2 is 1.82 bits per heavy atom. The summed E-state index contributed by atoms with van der Waals surface area (Å²) in [5, 5.41) is 1.59. The molecule has 0 amide bonds. The Kier molecular flexibility index (Phi) is 6.37. The van der Waals surface area contributed by atoms with Crippen molar-refractivity contribution in [2.24, 2.45) is 7.05 Å². The van der Waals surface area contributed by atoms with Gasteiger partial charge in [-0.2, -0.15) is 17.5 Å². The van der Waals surface area contributed by atoms with Crippen LogP contribution in [0.25, 0.3) is 15.8 Å². The van der Waals surface area contributed by atoms with E-state index in [4.69, 9.17) is 27.9 Å². The normalized spacial score (nSPS) is 11.9. The first-order chi connectivity index (χ1) is 15.6. The standard InChI is InChI=1S/C21H14Cl2F3N3O3S/c1-28-18(21(24,25)26)8-19(30)29(20(28)31)13-4-5-17-14(7-13)16(27-33-17)10-32-9-11-2-3-12(22)6-15(11)23/h2-8H,9-10H2,1H3. The minimum atomic E-state index is -4.83. The first-order valence-corrected chi connectivity index (χ1v) is 10.9. The molecule has 0 aliphatic heterocycles. The van der Waals surface area contributed by atoms with E-state index in [0.717, 1.165) is 17.3 Å². The molecule has 0 saturated carbocycles. The van der Waals surface area contributed by atoms with E-state index in [1.165, 1.54) is 23.7 Å². The molecule has 0 radical (unpaired) electrons. The van der Waals surface area contributed by atoms with Crippen LogP contribution in [0.3, 0.4) is 0 Å². The van der Waals surface area contributed by atoms with Crippen LogP contribution >= 0.6 is 34.7 Å². The lowest BCUT2D eigenvalue weighted by Crippen LogP contribution is -2.40. The summed E-state index contributed by atoms with van der Waals surface area (Å²) in [4.78, 5) is 25.0. The minimum Gasteiger partial charge on any atom is -0.370 e. The van der Waals surface area contributed by atoms with Crippen LogP contribution in [0.4, 0.5) is 13.2 Å². The zero-order valence-corrected chi connectivity index (χ0v) is 19.1. The number of benzene rings is 2. The number of rotatable bonds is 5. The van der Waals surface area contributed by atoms with Gasteiger partial charge >= 0.3 is 11.9 Å². The Labute approximate surface area is 198 Å². The molecule has 0 saturated heterocycles. The van der Waals surface area contributed by atoms with Gasteiger partial charge in [-0.15, -0.1) is 0 Å². The maximum absolute atomic E-state index is 13.1. The third-order valence-corrected chi connectivity index (χ3v) is 6.36. The van der Waals surface area contributed by atoms with Gasteiger partial charge in [0.25, 0.3) is 5.56 Å². The summed E-state index contributed by atoms with van der Waals surface area (Å²) in [6.07, 6.45) is -4.83. The molecule has 0 unspecified atom stereocenters. The van der Waals surface area contributed by atoms with Crippen LogP contribution in [-0.2, 0) is 31.2 Å². The number of fused-ring (bicyclic) bond motifs is 1. The SMILES string of the molecule is Cn1c(C(F)(F)F)cc(=O)n(-c2ccc3snc(COCc4ccc(Cl)cc4Cl)c3c2)c1=O. The van der Waals surface area contributed by atoms with Crippen LogP contribution in [0.5, 0.6) is 0 Å². The van der Waals surface area contributed by atoms with Gasteiger partial charge in [0.05, 0.1) is 29.3 Å². The van der Waals surface area contributed by atoms with Crippen LogP contribution < -0.4 is 11.2 Å². The molecule has 0 bridgehead atoms. The highest BCUT2D eigenvalue weighted by atomic mass is 35.5. The summed E-state index contributed by atoms with van der Waals surface area (Å²) < 4.78 is 51.2. The second-order valence-corrected chi connectivity index (χ2v) is 8.73. The molecule has 2 aromatic heterocycles. The minimum absolute atomic E-state index is 0.113. The lowest BCUT2D eigenvalue weighted by Gasteiger charge is -2.14. The van der Waals surface area contributed by atoms with Crippen LogP contribution in [0.15, 0.2) is 52.1 Å². The van der Waals surface area contributed by atoms with Gasteiger partial charge in [-0.05, 0) is 47.4 Å². The summed E-state index contributed by atoms with van der Waals surface area (Å²) >= 11 is 13.2. The quantitative estimate of drug-likeness (QED) is 0.367. The van der Waals surface area contributed by atoms with E-state index in [-0.39, 0.29) is 18.9 Å². The number of halogens is 5. The second-order valence-electron chi connectivity index (χ2n) is 7.08. The number of hydrogen-bond donors (Lipinski definition) is 0. The van der Waals surface area contributed by atoms with Crippen molar-refractivity contribution in [1.82, 2.24) is 13.5 Å². The molecule has 2 heterocycles. The molecule has 172 valence electrons. The number of aromatic nitrogens is 3. The van der Waals surface area contributed by atoms with Crippen molar-refractivity contribution in [3.8, 4) is 5.69 Å². The van der Waals surface area contributed by atoms with Crippen molar-refractivity contribution in [3.63, 3.8) is 0 Å². The van der Waals surface area contributed by atoms with Crippen molar-refractivity contribution < 1.29 is 17.9 Å². The molecule has 12 heteroatoms. The van der Waals surface area contributed by atoms with Gasteiger partial charge in [-0.3, -0.25) is 9.36 Å². The Bertz CT molecular complexity index is 1480. The fourth-order valence-electron chi connectivity index (χ4n) is 3.25. The molecule has 0 atom stereocenters. The summed E-state index contributed by atoms with van der Waals surface area (Å²) in [6, 6.07) is 10.1. The van der Waals surface area contributed by atoms with E-state index in [1.54, 1.807) is 24.3 Å². The van der Waals surface area contributed by atoms with Crippen molar-refractivity contribution >= 4 is 44.8 Å². The molecular formula is C21H14Cl2F3N3O3S. The van der Waals surface area contributed by atoms with Crippen LogP contribution in [-0.4, -0.2) is 13.5 Å². The second kappa shape index (κ2) is 8.94. The first kappa shape index (κ1) is 23.5. The number of ether oxygens (including phenoxy) is 1. The Balaban J connectivity index is 1.66. The lowest BCUT2D eigenvalue weighted by molar-refractivity contribution is -0.144. The van der Waals surface area contributed by atoms with E-state index in [0.29, 0.717) is 36.3 Å². The van der Waals surface area contributed by atoms with E-state index >= 15 is 0 Å². The molecule has 2 aromatic carbocycles. The average Bonchev–Trinajstić information content (AvgIpc) is 3.14. The summed E-state index contributed by atoms with van der Waals surface area (Å²) in [7, 11) is 0.965. The van der Waals surface area contributed by atoms with Crippen molar-refractivity contribution in [2.75, 3.05) is 0 Å². The van der Waals surface area contributed by atoms with Crippen molar-refractivity contribution in [1.29, 1.82) is 0 Å². The summed E-state index contributed by atoms with van der Waals surface area (Å²) in [6.45, 7) is 0.315. The van der Waals surface area contributed by atoms with Crippen LogP contribution in [0.1, 0.15) is 17.0 Å².